The lowest BCUT2D eigenvalue weighted by molar-refractivity contribution is 0.101. The maximum Gasteiger partial charge on any atom is 0.277 e. The molecule has 0 spiro atoms. The van der Waals surface area contributed by atoms with E-state index in [0.29, 0.717) is 40.9 Å². The molecule has 1 aromatic heterocycles. The first-order chi connectivity index (χ1) is 15.9. The number of ether oxygens (including phenoxy) is 1. The first kappa shape index (κ1) is 23.5. The van der Waals surface area contributed by atoms with Crippen molar-refractivity contribution >= 4 is 27.6 Å². The summed E-state index contributed by atoms with van der Waals surface area (Å²) in [6.45, 7) is 2.60. The molecule has 1 fully saturated rings. The molecule has 174 valence electrons. The summed E-state index contributed by atoms with van der Waals surface area (Å²) in [6.07, 6.45) is 2.81. The summed E-state index contributed by atoms with van der Waals surface area (Å²) in [5.41, 5.74) is 1.98. The molecule has 33 heavy (non-hydrogen) atoms. The van der Waals surface area contributed by atoms with E-state index in [1.807, 2.05) is 0 Å². The minimum absolute atomic E-state index is 0.0247. The van der Waals surface area contributed by atoms with Gasteiger partial charge in [-0.05, 0) is 56.2 Å². The van der Waals surface area contributed by atoms with Crippen molar-refractivity contribution in [1.82, 2.24) is 14.5 Å². The van der Waals surface area contributed by atoms with Crippen molar-refractivity contribution in [3.05, 3.63) is 53.6 Å². The maximum absolute atomic E-state index is 13.0. The van der Waals surface area contributed by atoms with Gasteiger partial charge >= 0.3 is 0 Å². The maximum atomic E-state index is 13.0. The smallest absolute Gasteiger partial charge is 0.277 e. The second-order valence-electron chi connectivity index (χ2n) is 7.74. The van der Waals surface area contributed by atoms with Crippen LogP contribution in [0.2, 0.25) is 0 Å². The van der Waals surface area contributed by atoms with Gasteiger partial charge in [-0.15, -0.1) is 10.2 Å². The van der Waals surface area contributed by atoms with Crippen molar-refractivity contribution in [3.63, 3.8) is 0 Å². The van der Waals surface area contributed by atoms with Gasteiger partial charge in [-0.3, -0.25) is 4.79 Å². The van der Waals surface area contributed by atoms with Gasteiger partial charge in [-0.2, -0.15) is 4.31 Å². The Balaban J connectivity index is 1.51. The van der Waals surface area contributed by atoms with Gasteiger partial charge in [0, 0.05) is 35.5 Å². The molecule has 2 heterocycles. The first-order valence-electron chi connectivity index (χ1n) is 10.6. The van der Waals surface area contributed by atoms with E-state index >= 15 is 0 Å². The summed E-state index contributed by atoms with van der Waals surface area (Å²) in [4.78, 5) is 11.9. The number of hydrogen-bond donors (Lipinski definition) is 0. The number of benzene rings is 2. The highest BCUT2D eigenvalue weighted by Crippen LogP contribution is 2.31. The van der Waals surface area contributed by atoms with E-state index in [-0.39, 0.29) is 16.6 Å². The zero-order chi connectivity index (χ0) is 23.4. The fourth-order valence-corrected chi connectivity index (χ4v) is 5.98. The first-order valence-corrected chi connectivity index (χ1v) is 13.1. The van der Waals surface area contributed by atoms with Gasteiger partial charge in [0.05, 0.1) is 12.0 Å². The largest absolute Gasteiger partial charge is 0.496 e. The highest BCUT2D eigenvalue weighted by molar-refractivity contribution is 7.98. The Morgan fingerprint density at radius 2 is 1.91 bits per heavy atom. The zero-order valence-corrected chi connectivity index (χ0v) is 20.1. The molecule has 1 aliphatic rings. The monoisotopic (exact) mass is 487 g/mol. The lowest BCUT2D eigenvalue weighted by Crippen LogP contribution is -2.35. The summed E-state index contributed by atoms with van der Waals surface area (Å²) < 4.78 is 38.7. The van der Waals surface area contributed by atoms with E-state index in [1.54, 1.807) is 49.6 Å². The van der Waals surface area contributed by atoms with Gasteiger partial charge in [-0.1, -0.05) is 24.2 Å². The highest BCUT2D eigenvalue weighted by Gasteiger charge is 2.26. The number of Topliss-reactive ketones (excluding diaryl/α,β-unsaturated/α-hetero) is 1. The molecular weight excluding hydrogens is 462 g/mol. The summed E-state index contributed by atoms with van der Waals surface area (Å²) in [5.74, 6) is 1.36. The molecule has 2 aromatic carbocycles. The third kappa shape index (κ3) is 5.29. The summed E-state index contributed by atoms with van der Waals surface area (Å²) in [6, 6.07) is 11.9. The van der Waals surface area contributed by atoms with Crippen LogP contribution in [0, 0.1) is 0 Å². The van der Waals surface area contributed by atoms with Gasteiger partial charge in [0.2, 0.25) is 15.9 Å². The second kappa shape index (κ2) is 10.1. The molecule has 0 atom stereocenters. The molecular formula is C23H25N3O5S2. The summed E-state index contributed by atoms with van der Waals surface area (Å²) >= 11 is 1.31. The second-order valence-corrected chi connectivity index (χ2v) is 10.6. The minimum atomic E-state index is -3.55. The number of ketones is 1. The van der Waals surface area contributed by atoms with Crippen LogP contribution in [0.3, 0.4) is 0 Å². The number of nitrogens with zero attached hydrogens (tertiary/aromatic N) is 3. The molecule has 4 rings (SSSR count). The predicted octanol–water partition coefficient (Wildman–Crippen LogP) is 4.41. The zero-order valence-electron chi connectivity index (χ0n) is 18.5. The van der Waals surface area contributed by atoms with E-state index in [4.69, 9.17) is 9.15 Å². The minimum Gasteiger partial charge on any atom is -0.496 e. The van der Waals surface area contributed by atoms with Crippen molar-refractivity contribution in [1.29, 1.82) is 0 Å². The van der Waals surface area contributed by atoms with Gasteiger partial charge < -0.3 is 9.15 Å². The molecule has 1 saturated heterocycles. The molecule has 0 amide bonds. The SMILES string of the molecule is COc1ccc(C(C)=O)cc1CSc1nnc(-c2cccc(S(=O)(=O)N3CCCCC3)c2)o1. The van der Waals surface area contributed by atoms with Crippen molar-refractivity contribution in [2.45, 2.75) is 42.1 Å². The van der Waals surface area contributed by atoms with Crippen LogP contribution in [0.1, 0.15) is 42.1 Å². The average Bonchev–Trinajstić information content (AvgIpc) is 3.32. The third-order valence-electron chi connectivity index (χ3n) is 5.48. The number of aromatic nitrogens is 2. The number of carbonyl (C=O) groups excluding carboxylic acids is 1. The van der Waals surface area contributed by atoms with Gasteiger partial charge in [-0.25, -0.2) is 8.42 Å². The van der Waals surface area contributed by atoms with Gasteiger partial charge in [0.25, 0.3) is 5.22 Å². The van der Waals surface area contributed by atoms with Crippen LogP contribution in [-0.2, 0) is 15.8 Å². The Morgan fingerprint density at radius 3 is 2.64 bits per heavy atom. The van der Waals surface area contributed by atoms with Crippen LogP contribution < -0.4 is 4.74 Å². The molecule has 10 heteroatoms. The number of sulfonamides is 1. The van der Waals surface area contributed by atoms with Gasteiger partial charge in [0.15, 0.2) is 5.78 Å². The van der Waals surface area contributed by atoms with E-state index < -0.39 is 10.0 Å². The quantitative estimate of drug-likeness (QED) is 0.340. The van der Waals surface area contributed by atoms with E-state index in [1.165, 1.54) is 23.0 Å². The number of hydrogen-bond acceptors (Lipinski definition) is 8. The lowest BCUT2D eigenvalue weighted by Gasteiger charge is -2.25. The Morgan fingerprint density at radius 1 is 1.12 bits per heavy atom. The fourth-order valence-electron chi connectivity index (χ4n) is 3.68. The van der Waals surface area contributed by atoms with E-state index in [0.717, 1.165) is 24.8 Å². The van der Waals surface area contributed by atoms with Crippen molar-refractivity contribution in [2.24, 2.45) is 0 Å². The van der Waals surface area contributed by atoms with Crippen LogP contribution >= 0.6 is 11.8 Å². The summed E-state index contributed by atoms with van der Waals surface area (Å²) in [5, 5.41) is 8.51. The molecule has 8 nitrogen and oxygen atoms in total. The standard InChI is InChI=1S/C23H25N3O5S2/c1-16(27)17-9-10-21(30-2)19(13-17)15-32-23-25-24-22(31-23)18-7-6-8-20(14-18)33(28,29)26-11-4-3-5-12-26/h6-10,13-14H,3-5,11-12,15H2,1-2H3. The number of thioether (sulfide) groups is 1. The number of carbonyl (C=O) groups is 1. The number of rotatable bonds is 8. The third-order valence-corrected chi connectivity index (χ3v) is 8.24. The topological polar surface area (TPSA) is 103 Å². The van der Waals surface area contributed by atoms with E-state index in [9.17, 15) is 13.2 Å². The molecule has 0 radical (unpaired) electrons. The Hall–Kier alpha value is -2.69. The molecule has 1 aliphatic heterocycles. The van der Waals surface area contributed by atoms with Crippen LogP contribution in [0.5, 0.6) is 5.75 Å². The predicted molar refractivity (Wildman–Crippen MR) is 125 cm³/mol. The van der Waals surface area contributed by atoms with Gasteiger partial charge in [0.1, 0.15) is 5.75 Å². The van der Waals surface area contributed by atoms with Crippen LogP contribution in [0.4, 0.5) is 0 Å². The molecule has 0 bridgehead atoms. The van der Waals surface area contributed by atoms with Crippen molar-refractivity contribution < 1.29 is 22.4 Å². The van der Waals surface area contributed by atoms with Crippen molar-refractivity contribution in [3.8, 4) is 17.2 Å². The number of methoxy groups -OCH3 is 1. The molecule has 0 aliphatic carbocycles. The average molecular weight is 488 g/mol. The Labute approximate surface area is 197 Å². The van der Waals surface area contributed by atoms with Crippen LogP contribution in [-0.4, -0.2) is 48.9 Å². The summed E-state index contributed by atoms with van der Waals surface area (Å²) in [7, 11) is -1.98. The molecule has 0 unspecified atom stereocenters. The van der Waals surface area contributed by atoms with Crippen molar-refractivity contribution in [2.75, 3.05) is 20.2 Å². The Bertz CT molecular complexity index is 1250. The molecule has 3 aromatic rings. The molecule has 0 saturated carbocycles. The van der Waals surface area contributed by atoms with Crippen LogP contribution in [0.25, 0.3) is 11.5 Å². The number of piperidine rings is 1. The molecule has 0 N–H and O–H groups in total. The van der Waals surface area contributed by atoms with E-state index in [2.05, 4.69) is 10.2 Å². The van der Waals surface area contributed by atoms with Crippen LogP contribution in [0.15, 0.2) is 57.0 Å². The Kier molecular flexibility index (Phi) is 7.16. The highest BCUT2D eigenvalue weighted by atomic mass is 32.2. The lowest BCUT2D eigenvalue weighted by atomic mass is 10.1. The fraction of sp³-hybridized carbons (Fsp3) is 0.348. The normalized spacial score (nSPS) is 14.8.